The second kappa shape index (κ2) is 10.1. The molecule has 0 spiro atoms. The lowest BCUT2D eigenvalue weighted by atomic mass is 10.6. The van der Waals surface area contributed by atoms with Gasteiger partial charge in [-0.15, -0.1) is 0 Å². The topological polar surface area (TPSA) is 46.2 Å². The number of hydrogen-bond donors (Lipinski definition) is 0. The number of hydrogen-bond acceptors (Lipinski definition) is 5. The second-order valence-corrected chi connectivity index (χ2v) is 14.1. The van der Waals surface area contributed by atoms with Gasteiger partial charge < -0.3 is 22.4 Å². The first kappa shape index (κ1) is 21.2. The highest BCUT2D eigenvalue weighted by Gasteiger charge is 2.51. The summed E-state index contributed by atoms with van der Waals surface area (Å²) in [7, 11) is 2.18. The van der Waals surface area contributed by atoms with Crippen LogP contribution in [0.15, 0.2) is 0 Å². The first-order valence-corrected chi connectivity index (χ1v) is 11.8. The molecule has 0 radical (unpaired) electrons. The Balaban J connectivity index is 5.36. The van der Waals surface area contributed by atoms with E-state index in [4.69, 9.17) is 22.4 Å². The van der Waals surface area contributed by atoms with Gasteiger partial charge in [-0.05, 0) is 11.1 Å². The molecule has 0 aromatic heterocycles. The Hall–Kier alpha value is 0.234. The summed E-state index contributed by atoms with van der Waals surface area (Å²) in [5.74, 6) is 0. The van der Waals surface area contributed by atoms with Crippen LogP contribution in [0.4, 0.5) is 0 Å². The van der Waals surface area contributed by atoms with Gasteiger partial charge in [0, 0.05) is 53.7 Å². The minimum Gasteiger partial charge on any atom is -0.414 e. The molecule has 7 heteroatoms. The fourth-order valence-corrected chi connectivity index (χ4v) is 11.6. The van der Waals surface area contributed by atoms with Crippen LogP contribution in [0.3, 0.4) is 0 Å². The summed E-state index contributed by atoms with van der Waals surface area (Å²) in [6.07, 6.45) is 0. The minimum absolute atomic E-state index is 0.334. The normalized spacial score (nSPS) is 18.0. The van der Waals surface area contributed by atoms with E-state index in [1.165, 1.54) is 0 Å². The van der Waals surface area contributed by atoms with Crippen molar-refractivity contribution in [2.75, 3.05) is 41.7 Å². The molecule has 0 aromatic carbocycles. The SMILES string of the molecule is COCC[Si](OC)(O[Si](CCOC)(OC)C(C)C)C(C)C. The third-order valence-corrected chi connectivity index (χ3v) is 13.6. The maximum Gasteiger partial charge on any atom is 0.334 e. The maximum absolute atomic E-state index is 6.72. The lowest BCUT2D eigenvalue weighted by molar-refractivity contribution is 0.170. The zero-order valence-electron chi connectivity index (χ0n) is 15.0. The maximum atomic E-state index is 6.72. The molecule has 0 aliphatic heterocycles. The zero-order chi connectivity index (χ0) is 16.5. The molecule has 0 heterocycles. The molecule has 5 nitrogen and oxygen atoms in total. The van der Waals surface area contributed by atoms with Crippen LogP contribution in [0.25, 0.3) is 0 Å². The quantitative estimate of drug-likeness (QED) is 0.511. The Bertz CT molecular complexity index is 252. The average molecular weight is 339 g/mol. The molecule has 21 heavy (non-hydrogen) atoms. The summed E-state index contributed by atoms with van der Waals surface area (Å²) in [4.78, 5) is 0. The van der Waals surface area contributed by atoms with Gasteiger partial charge in [0.05, 0.1) is 0 Å². The van der Waals surface area contributed by atoms with E-state index in [0.29, 0.717) is 24.3 Å². The molecule has 2 unspecified atom stereocenters. The molecule has 0 bridgehead atoms. The van der Waals surface area contributed by atoms with Crippen LogP contribution in [-0.2, 0) is 22.4 Å². The van der Waals surface area contributed by atoms with E-state index in [2.05, 4.69) is 27.7 Å². The molecular weight excluding hydrogens is 304 g/mol. The summed E-state index contributed by atoms with van der Waals surface area (Å²) in [5.41, 5.74) is 0.668. The molecular formula is C14H34O5Si2. The van der Waals surface area contributed by atoms with E-state index >= 15 is 0 Å². The molecule has 128 valence electrons. The third kappa shape index (κ3) is 5.74. The lowest BCUT2D eigenvalue weighted by Gasteiger charge is -2.43. The van der Waals surface area contributed by atoms with Crippen molar-refractivity contribution in [2.24, 2.45) is 0 Å². The molecule has 0 rings (SSSR count). The molecule has 0 aliphatic rings. The third-order valence-electron chi connectivity index (χ3n) is 4.11. The number of rotatable bonds is 12. The van der Waals surface area contributed by atoms with Crippen LogP contribution in [0.2, 0.25) is 23.2 Å². The smallest absolute Gasteiger partial charge is 0.334 e. The highest BCUT2D eigenvalue weighted by atomic mass is 28.5. The first-order valence-electron chi connectivity index (χ1n) is 7.62. The predicted molar refractivity (Wildman–Crippen MR) is 90.2 cm³/mol. The van der Waals surface area contributed by atoms with E-state index in [9.17, 15) is 0 Å². The van der Waals surface area contributed by atoms with Crippen molar-refractivity contribution in [3.05, 3.63) is 0 Å². The van der Waals surface area contributed by atoms with E-state index in [-0.39, 0.29) is 0 Å². The Labute approximate surface area is 132 Å². The summed E-state index contributed by atoms with van der Waals surface area (Å²) < 4.78 is 29.1. The van der Waals surface area contributed by atoms with Crippen molar-refractivity contribution >= 4 is 17.1 Å². The van der Waals surface area contributed by atoms with Gasteiger partial charge in [0.15, 0.2) is 0 Å². The van der Waals surface area contributed by atoms with E-state index in [1.807, 2.05) is 0 Å². The van der Waals surface area contributed by atoms with Crippen molar-refractivity contribution in [3.8, 4) is 0 Å². The van der Waals surface area contributed by atoms with Crippen molar-refractivity contribution < 1.29 is 22.4 Å². The predicted octanol–water partition coefficient (Wildman–Crippen LogP) is 3.29. The fraction of sp³-hybridized carbons (Fsp3) is 1.00. The monoisotopic (exact) mass is 338 g/mol. The highest BCUT2D eigenvalue weighted by Crippen LogP contribution is 2.36. The van der Waals surface area contributed by atoms with E-state index in [0.717, 1.165) is 12.1 Å². The Morgan fingerprint density at radius 1 is 0.667 bits per heavy atom. The molecule has 2 atom stereocenters. The van der Waals surface area contributed by atoms with Gasteiger partial charge in [0.1, 0.15) is 0 Å². The summed E-state index contributed by atoms with van der Waals surface area (Å²) in [6, 6.07) is 1.63. The van der Waals surface area contributed by atoms with Crippen LogP contribution in [0, 0.1) is 0 Å². The van der Waals surface area contributed by atoms with Gasteiger partial charge in [-0.2, -0.15) is 0 Å². The second-order valence-electron chi connectivity index (χ2n) is 5.93. The van der Waals surface area contributed by atoms with Gasteiger partial charge in [-0.1, -0.05) is 27.7 Å². The van der Waals surface area contributed by atoms with Crippen LogP contribution in [0.1, 0.15) is 27.7 Å². The van der Waals surface area contributed by atoms with Crippen molar-refractivity contribution in [2.45, 2.75) is 50.9 Å². The molecule has 0 aliphatic carbocycles. The summed E-state index contributed by atoms with van der Waals surface area (Å²) in [5, 5.41) is 0. The van der Waals surface area contributed by atoms with Crippen molar-refractivity contribution in [1.82, 2.24) is 0 Å². The van der Waals surface area contributed by atoms with Gasteiger partial charge in [0.25, 0.3) is 0 Å². The van der Waals surface area contributed by atoms with Crippen LogP contribution in [-0.4, -0.2) is 58.8 Å². The first-order chi connectivity index (χ1) is 9.84. The minimum atomic E-state index is -2.38. The molecule has 0 aromatic rings. The standard InChI is InChI=1S/C14H34O5Si2/c1-13(2)20(17-7,11-9-15-5)19-21(18-8,14(3)4)12-10-16-6/h13-14H,9-12H2,1-8H3. The number of ether oxygens (including phenoxy) is 2. The van der Waals surface area contributed by atoms with Crippen molar-refractivity contribution in [1.29, 1.82) is 0 Å². The largest absolute Gasteiger partial charge is 0.414 e. The number of methoxy groups -OCH3 is 2. The van der Waals surface area contributed by atoms with Gasteiger partial charge in [-0.3, -0.25) is 0 Å². The molecule has 0 amide bonds. The van der Waals surface area contributed by atoms with E-state index < -0.39 is 17.1 Å². The highest BCUT2D eigenvalue weighted by molar-refractivity contribution is 6.82. The van der Waals surface area contributed by atoms with Crippen molar-refractivity contribution in [3.63, 3.8) is 0 Å². The summed E-state index contributed by atoms with van der Waals surface area (Å²) in [6.45, 7) is 9.95. The zero-order valence-corrected chi connectivity index (χ0v) is 17.0. The molecule has 0 saturated carbocycles. The van der Waals surface area contributed by atoms with Crippen LogP contribution < -0.4 is 0 Å². The van der Waals surface area contributed by atoms with Gasteiger partial charge in [-0.25, -0.2) is 0 Å². The Kier molecular flexibility index (Phi) is 10.2. The van der Waals surface area contributed by atoms with Gasteiger partial charge >= 0.3 is 17.1 Å². The van der Waals surface area contributed by atoms with Gasteiger partial charge in [0.2, 0.25) is 0 Å². The van der Waals surface area contributed by atoms with Crippen LogP contribution >= 0.6 is 0 Å². The summed E-state index contributed by atoms with van der Waals surface area (Å²) >= 11 is 0. The molecule has 0 saturated heterocycles. The lowest BCUT2D eigenvalue weighted by Crippen LogP contribution is -2.58. The van der Waals surface area contributed by atoms with E-state index in [1.54, 1.807) is 28.4 Å². The Morgan fingerprint density at radius 3 is 1.19 bits per heavy atom. The molecule has 0 N–H and O–H groups in total. The average Bonchev–Trinajstić information content (AvgIpc) is 2.46. The fourth-order valence-electron chi connectivity index (χ4n) is 2.46. The Morgan fingerprint density at radius 2 is 1.00 bits per heavy atom. The molecule has 0 fully saturated rings. The van der Waals surface area contributed by atoms with Crippen LogP contribution in [0.5, 0.6) is 0 Å².